The molecular weight excluding hydrogens is 271 g/mol. The molecule has 1 nitrogen and oxygen atoms in total. The van der Waals surface area contributed by atoms with Crippen LogP contribution in [0.5, 0.6) is 0 Å². The van der Waals surface area contributed by atoms with Crippen molar-refractivity contribution in [1.82, 2.24) is 0 Å². The highest BCUT2D eigenvalue weighted by Crippen LogP contribution is 2.33. The molecule has 0 spiro atoms. The lowest BCUT2D eigenvalue weighted by molar-refractivity contribution is 0.207. The number of hydrogen-bond donors (Lipinski definition) is 1. The maximum Gasteiger partial charge on any atom is 0.123 e. The van der Waals surface area contributed by atoms with Gasteiger partial charge in [0.1, 0.15) is 11.9 Å². The molecule has 1 aromatic carbocycles. The minimum absolute atomic E-state index is 0.311. The fourth-order valence-corrected chi connectivity index (χ4v) is 2.50. The second-order valence-corrected chi connectivity index (χ2v) is 4.95. The van der Waals surface area contributed by atoms with Gasteiger partial charge < -0.3 is 5.11 Å². The van der Waals surface area contributed by atoms with Crippen molar-refractivity contribution in [2.75, 3.05) is 0 Å². The first kappa shape index (κ1) is 11.8. The van der Waals surface area contributed by atoms with Crippen molar-refractivity contribution in [3.63, 3.8) is 0 Å². The Morgan fingerprint density at radius 3 is 2.81 bits per heavy atom. The Hall–Kier alpha value is -0.670. The van der Waals surface area contributed by atoms with Crippen LogP contribution in [0.3, 0.4) is 0 Å². The first-order valence-electron chi connectivity index (χ1n) is 5.50. The third-order valence-corrected chi connectivity index (χ3v) is 3.65. The van der Waals surface area contributed by atoms with E-state index in [2.05, 4.69) is 22.0 Å². The summed E-state index contributed by atoms with van der Waals surface area (Å²) in [5, 5.41) is 10.2. The van der Waals surface area contributed by atoms with Gasteiger partial charge in [0, 0.05) is 10.0 Å². The maximum absolute atomic E-state index is 13.1. The van der Waals surface area contributed by atoms with Gasteiger partial charge in [0.2, 0.25) is 0 Å². The van der Waals surface area contributed by atoms with Gasteiger partial charge in [-0.15, -0.1) is 0 Å². The van der Waals surface area contributed by atoms with E-state index in [1.807, 2.05) is 0 Å². The van der Waals surface area contributed by atoms with Crippen molar-refractivity contribution < 1.29 is 9.50 Å². The van der Waals surface area contributed by atoms with Crippen LogP contribution in [0.15, 0.2) is 34.3 Å². The first-order chi connectivity index (χ1) is 7.68. The van der Waals surface area contributed by atoms with Crippen LogP contribution < -0.4 is 0 Å². The fourth-order valence-electron chi connectivity index (χ4n) is 2.04. The standard InChI is InChI=1S/C13H14BrFO/c14-12-7-6-10(15)8-11(12)13(16)9-4-2-1-3-5-9/h4,6-8,13,16H,1-3,5H2. The lowest BCUT2D eigenvalue weighted by atomic mass is 9.92. The Balaban J connectivity index is 2.29. The number of allylic oxidation sites excluding steroid dienone is 1. The Morgan fingerprint density at radius 1 is 1.31 bits per heavy atom. The normalized spacial score (nSPS) is 18.1. The van der Waals surface area contributed by atoms with E-state index in [1.165, 1.54) is 18.6 Å². The van der Waals surface area contributed by atoms with Gasteiger partial charge >= 0.3 is 0 Å². The summed E-state index contributed by atoms with van der Waals surface area (Å²) in [5.74, 6) is -0.311. The van der Waals surface area contributed by atoms with E-state index < -0.39 is 6.10 Å². The van der Waals surface area contributed by atoms with Crippen LogP contribution in [0.4, 0.5) is 4.39 Å². The minimum atomic E-state index is -0.676. The summed E-state index contributed by atoms with van der Waals surface area (Å²) in [5.41, 5.74) is 1.63. The molecule has 0 saturated heterocycles. The Labute approximate surface area is 103 Å². The van der Waals surface area contributed by atoms with Crippen LogP contribution in [-0.4, -0.2) is 5.11 Å². The summed E-state index contributed by atoms with van der Waals surface area (Å²) in [7, 11) is 0. The second kappa shape index (κ2) is 5.11. The van der Waals surface area contributed by atoms with E-state index in [0.29, 0.717) is 5.56 Å². The molecule has 3 heteroatoms. The van der Waals surface area contributed by atoms with E-state index in [0.717, 1.165) is 29.3 Å². The number of rotatable bonds is 2. The highest BCUT2D eigenvalue weighted by Gasteiger charge is 2.18. The molecule has 2 rings (SSSR count). The van der Waals surface area contributed by atoms with Gasteiger partial charge in [-0.3, -0.25) is 0 Å². The van der Waals surface area contributed by atoms with Crippen molar-refractivity contribution >= 4 is 15.9 Å². The van der Waals surface area contributed by atoms with Crippen molar-refractivity contribution in [3.05, 3.63) is 45.7 Å². The van der Waals surface area contributed by atoms with Crippen molar-refractivity contribution in [2.24, 2.45) is 0 Å². The summed E-state index contributed by atoms with van der Waals surface area (Å²) in [6, 6.07) is 4.41. The van der Waals surface area contributed by atoms with E-state index in [4.69, 9.17) is 0 Å². The molecule has 0 aliphatic heterocycles. The van der Waals surface area contributed by atoms with E-state index in [-0.39, 0.29) is 5.82 Å². The van der Waals surface area contributed by atoms with Crippen LogP contribution >= 0.6 is 15.9 Å². The number of hydrogen-bond acceptors (Lipinski definition) is 1. The van der Waals surface area contributed by atoms with E-state index in [1.54, 1.807) is 6.07 Å². The molecule has 1 N–H and O–H groups in total. The van der Waals surface area contributed by atoms with Crippen LogP contribution in [0.1, 0.15) is 37.4 Å². The van der Waals surface area contributed by atoms with Gasteiger partial charge in [-0.25, -0.2) is 4.39 Å². The first-order valence-corrected chi connectivity index (χ1v) is 6.30. The minimum Gasteiger partial charge on any atom is -0.384 e. The molecule has 1 aliphatic carbocycles. The summed E-state index contributed by atoms with van der Waals surface area (Å²) in [6.07, 6.45) is 5.61. The molecule has 1 atom stereocenters. The maximum atomic E-state index is 13.1. The molecule has 0 radical (unpaired) electrons. The number of halogens is 2. The SMILES string of the molecule is OC(C1=CCCCC1)c1cc(F)ccc1Br. The number of aliphatic hydroxyl groups is 1. The van der Waals surface area contributed by atoms with Gasteiger partial charge in [0.15, 0.2) is 0 Å². The molecule has 0 amide bonds. The van der Waals surface area contributed by atoms with Gasteiger partial charge in [-0.2, -0.15) is 0 Å². The van der Waals surface area contributed by atoms with Crippen LogP contribution in [0.25, 0.3) is 0 Å². The molecule has 0 fully saturated rings. The number of benzene rings is 1. The zero-order chi connectivity index (χ0) is 11.5. The topological polar surface area (TPSA) is 20.2 Å². The summed E-state index contributed by atoms with van der Waals surface area (Å²) in [4.78, 5) is 0. The average Bonchev–Trinajstić information content (AvgIpc) is 2.32. The Bertz CT molecular complexity index is 414. The van der Waals surface area contributed by atoms with Gasteiger partial charge in [0.25, 0.3) is 0 Å². The van der Waals surface area contributed by atoms with Crippen molar-refractivity contribution in [1.29, 1.82) is 0 Å². The molecule has 0 saturated carbocycles. The van der Waals surface area contributed by atoms with Crippen molar-refractivity contribution in [3.8, 4) is 0 Å². The summed E-state index contributed by atoms with van der Waals surface area (Å²) in [6.45, 7) is 0. The summed E-state index contributed by atoms with van der Waals surface area (Å²) >= 11 is 3.34. The van der Waals surface area contributed by atoms with E-state index >= 15 is 0 Å². The summed E-state index contributed by atoms with van der Waals surface area (Å²) < 4.78 is 13.9. The predicted octanol–water partition coefficient (Wildman–Crippen LogP) is 4.12. The molecule has 1 unspecified atom stereocenters. The third-order valence-electron chi connectivity index (χ3n) is 2.93. The quantitative estimate of drug-likeness (QED) is 0.810. The molecule has 0 heterocycles. The monoisotopic (exact) mass is 284 g/mol. The van der Waals surface area contributed by atoms with Crippen LogP contribution in [0.2, 0.25) is 0 Å². The van der Waals surface area contributed by atoms with Crippen LogP contribution in [-0.2, 0) is 0 Å². The molecule has 0 bridgehead atoms. The molecule has 86 valence electrons. The van der Waals surface area contributed by atoms with Gasteiger partial charge in [-0.1, -0.05) is 22.0 Å². The zero-order valence-electron chi connectivity index (χ0n) is 8.92. The molecule has 1 aromatic rings. The number of aliphatic hydroxyl groups excluding tert-OH is 1. The lowest BCUT2D eigenvalue weighted by Crippen LogP contribution is -2.05. The predicted molar refractivity (Wildman–Crippen MR) is 65.6 cm³/mol. The van der Waals surface area contributed by atoms with Crippen LogP contribution in [0, 0.1) is 5.82 Å². The van der Waals surface area contributed by atoms with Crippen molar-refractivity contribution in [2.45, 2.75) is 31.8 Å². The highest BCUT2D eigenvalue weighted by molar-refractivity contribution is 9.10. The second-order valence-electron chi connectivity index (χ2n) is 4.09. The largest absolute Gasteiger partial charge is 0.384 e. The average molecular weight is 285 g/mol. The third kappa shape index (κ3) is 2.53. The molecular formula is C13H14BrFO. The van der Waals surface area contributed by atoms with Gasteiger partial charge in [0.05, 0.1) is 0 Å². The fraction of sp³-hybridized carbons (Fsp3) is 0.385. The molecule has 0 aromatic heterocycles. The van der Waals surface area contributed by atoms with Gasteiger partial charge in [-0.05, 0) is 49.5 Å². The van der Waals surface area contributed by atoms with E-state index in [9.17, 15) is 9.50 Å². The Morgan fingerprint density at radius 2 is 2.12 bits per heavy atom. The smallest absolute Gasteiger partial charge is 0.123 e. The zero-order valence-corrected chi connectivity index (χ0v) is 10.5. The molecule has 1 aliphatic rings. The highest BCUT2D eigenvalue weighted by atomic mass is 79.9. The lowest BCUT2D eigenvalue weighted by Gasteiger charge is -2.20. The molecule has 16 heavy (non-hydrogen) atoms. The Kier molecular flexibility index (Phi) is 3.77.